The number of anilines is 1. The summed E-state index contributed by atoms with van der Waals surface area (Å²) in [7, 11) is 0. The van der Waals surface area contributed by atoms with Crippen molar-refractivity contribution in [3.63, 3.8) is 0 Å². The van der Waals surface area contributed by atoms with E-state index >= 15 is 0 Å². The zero-order chi connectivity index (χ0) is 13.7. The first-order chi connectivity index (χ1) is 9.20. The summed E-state index contributed by atoms with van der Waals surface area (Å²) in [5.41, 5.74) is 6.10. The van der Waals surface area contributed by atoms with Crippen LogP contribution in [-0.4, -0.2) is 30.1 Å². The Labute approximate surface area is 112 Å². The zero-order valence-electron chi connectivity index (χ0n) is 10.8. The third kappa shape index (κ3) is 3.53. The maximum Gasteiger partial charge on any atom is 0.231 e. The van der Waals surface area contributed by atoms with Crippen molar-refractivity contribution in [3.8, 4) is 11.8 Å². The first-order valence-electron chi connectivity index (χ1n) is 6.28. The third-order valence-electron chi connectivity index (χ3n) is 3.06. The first kappa shape index (κ1) is 13.5. The molecule has 0 bridgehead atoms. The average Bonchev–Trinajstić information content (AvgIpc) is 2.83. The molecule has 1 aliphatic rings. The van der Waals surface area contributed by atoms with E-state index < -0.39 is 0 Å². The number of carbonyl (C=O) groups excluding carboxylic acids is 1. The number of hydrogen-bond donors (Lipinski definition) is 2. The van der Waals surface area contributed by atoms with Crippen molar-refractivity contribution in [1.29, 1.82) is 0 Å². The Bertz CT molecular complexity index is 519. The predicted octanol–water partition coefficient (Wildman–Crippen LogP) is 0.755. The van der Waals surface area contributed by atoms with Gasteiger partial charge in [-0.1, -0.05) is 11.8 Å². The van der Waals surface area contributed by atoms with E-state index in [4.69, 9.17) is 10.5 Å². The standard InChI is InChI=1S/C14H17N3O2/c1-10-12(5-8-19-10)14(18)17-13-9-11(3-2-6-15)4-7-16-13/h4,7,9-10,12H,5-6,8,15H2,1H3,(H,16,17,18). The summed E-state index contributed by atoms with van der Waals surface area (Å²) in [4.78, 5) is 16.2. The van der Waals surface area contributed by atoms with Gasteiger partial charge in [-0.3, -0.25) is 4.79 Å². The summed E-state index contributed by atoms with van der Waals surface area (Å²) in [6.07, 6.45) is 2.32. The number of nitrogens with one attached hydrogen (secondary N) is 1. The van der Waals surface area contributed by atoms with Crippen LogP contribution in [0.5, 0.6) is 0 Å². The van der Waals surface area contributed by atoms with Crippen LogP contribution in [0.25, 0.3) is 0 Å². The maximum absolute atomic E-state index is 12.1. The Morgan fingerprint density at radius 2 is 2.53 bits per heavy atom. The molecule has 5 heteroatoms. The monoisotopic (exact) mass is 259 g/mol. The van der Waals surface area contributed by atoms with Crippen LogP contribution in [0, 0.1) is 17.8 Å². The lowest BCUT2D eigenvalue weighted by atomic mass is 10.0. The van der Waals surface area contributed by atoms with Gasteiger partial charge in [0.1, 0.15) is 5.82 Å². The van der Waals surface area contributed by atoms with Crippen molar-refractivity contribution >= 4 is 11.7 Å². The normalized spacial score (nSPS) is 21.6. The highest BCUT2D eigenvalue weighted by Crippen LogP contribution is 2.21. The van der Waals surface area contributed by atoms with Crippen molar-refractivity contribution in [1.82, 2.24) is 4.98 Å². The van der Waals surface area contributed by atoms with E-state index in [9.17, 15) is 4.79 Å². The lowest BCUT2D eigenvalue weighted by molar-refractivity contribution is -0.121. The lowest BCUT2D eigenvalue weighted by Gasteiger charge is -2.13. The molecule has 0 aliphatic carbocycles. The summed E-state index contributed by atoms with van der Waals surface area (Å²) in [5, 5.41) is 2.80. The molecule has 1 aromatic rings. The Morgan fingerprint density at radius 1 is 1.68 bits per heavy atom. The van der Waals surface area contributed by atoms with Gasteiger partial charge in [-0.05, 0) is 25.5 Å². The van der Waals surface area contributed by atoms with Gasteiger partial charge in [-0.2, -0.15) is 0 Å². The first-order valence-corrected chi connectivity index (χ1v) is 6.28. The number of hydrogen-bond acceptors (Lipinski definition) is 4. The zero-order valence-corrected chi connectivity index (χ0v) is 10.8. The van der Waals surface area contributed by atoms with E-state index in [1.807, 2.05) is 6.92 Å². The highest BCUT2D eigenvalue weighted by atomic mass is 16.5. The summed E-state index contributed by atoms with van der Waals surface area (Å²) >= 11 is 0. The fourth-order valence-corrected chi connectivity index (χ4v) is 2.02. The van der Waals surface area contributed by atoms with E-state index in [-0.39, 0.29) is 17.9 Å². The van der Waals surface area contributed by atoms with Crippen LogP contribution in [0.2, 0.25) is 0 Å². The van der Waals surface area contributed by atoms with Gasteiger partial charge in [0.25, 0.3) is 0 Å². The van der Waals surface area contributed by atoms with E-state index in [0.717, 1.165) is 12.0 Å². The van der Waals surface area contributed by atoms with Gasteiger partial charge in [0.05, 0.1) is 18.6 Å². The predicted molar refractivity (Wildman–Crippen MR) is 72.3 cm³/mol. The van der Waals surface area contributed by atoms with Crippen LogP contribution in [0.1, 0.15) is 18.9 Å². The van der Waals surface area contributed by atoms with Gasteiger partial charge >= 0.3 is 0 Å². The number of ether oxygens (including phenoxy) is 1. The van der Waals surface area contributed by atoms with Gasteiger partial charge in [-0.25, -0.2) is 4.98 Å². The minimum Gasteiger partial charge on any atom is -0.378 e. The second kappa shape index (κ2) is 6.32. The van der Waals surface area contributed by atoms with Gasteiger partial charge in [0.15, 0.2) is 0 Å². The number of nitrogens with two attached hydrogens (primary N) is 1. The summed E-state index contributed by atoms with van der Waals surface area (Å²) < 4.78 is 5.38. The van der Waals surface area contributed by atoms with E-state index in [2.05, 4.69) is 22.1 Å². The largest absolute Gasteiger partial charge is 0.378 e. The summed E-state index contributed by atoms with van der Waals surface area (Å²) in [6.45, 7) is 2.85. The molecule has 0 aromatic carbocycles. The second-order valence-corrected chi connectivity index (χ2v) is 4.40. The van der Waals surface area contributed by atoms with Gasteiger partial charge in [0.2, 0.25) is 5.91 Å². The van der Waals surface area contributed by atoms with Crippen LogP contribution in [0.3, 0.4) is 0 Å². The molecule has 1 aromatic heterocycles. The minimum absolute atomic E-state index is 0.0415. The topological polar surface area (TPSA) is 77.2 Å². The van der Waals surface area contributed by atoms with Crippen LogP contribution in [-0.2, 0) is 9.53 Å². The van der Waals surface area contributed by atoms with E-state index in [1.54, 1.807) is 18.3 Å². The molecule has 1 fully saturated rings. The molecule has 2 rings (SSSR count). The molecule has 1 saturated heterocycles. The fourth-order valence-electron chi connectivity index (χ4n) is 2.02. The highest BCUT2D eigenvalue weighted by Gasteiger charge is 2.30. The van der Waals surface area contributed by atoms with Crippen molar-refractivity contribution in [2.45, 2.75) is 19.4 Å². The van der Waals surface area contributed by atoms with Crippen molar-refractivity contribution < 1.29 is 9.53 Å². The molecule has 2 unspecified atom stereocenters. The Balaban J connectivity index is 2.04. The quantitative estimate of drug-likeness (QED) is 0.769. The molecule has 3 N–H and O–H groups in total. The molecule has 2 atom stereocenters. The smallest absolute Gasteiger partial charge is 0.231 e. The third-order valence-corrected chi connectivity index (χ3v) is 3.06. The number of carbonyl (C=O) groups is 1. The molecule has 19 heavy (non-hydrogen) atoms. The number of pyridine rings is 1. The second-order valence-electron chi connectivity index (χ2n) is 4.40. The van der Waals surface area contributed by atoms with E-state index in [1.165, 1.54) is 0 Å². The maximum atomic E-state index is 12.1. The minimum atomic E-state index is -0.111. The molecule has 0 saturated carbocycles. The van der Waals surface area contributed by atoms with Crippen LogP contribution < -0.4 is 11.1 Å². The van der Waals surface area contributed by atoms with Crippen molar-refractivity contribution in [2.24, 2.45) is 11.7 Å². The van der Waals surface area contributed by atoms with E-state index in [0.29, 0.717) is 19.0 Å². The molecule has 100 valence electrons. The number of aromatic nitrogens is 1. The molecular weight excluding hydrogens is 242 g/mol. The van der Waals surface area contributed by atoms with Gasteiger partial charge < -0.3 is 15.8 Å². The molecule has 1 aliphatic heterocycles. The number of nitrogens with zero attached hydrogens (tertiary/aromatic N) is 1. The highest BCUT2D eigenvalue weighted by molar-refractivity contribution is 5.92. The van der Waals surface area contributed by atoms with Crippen molar-refractivity contribution in [3.05, 3.63) is 23.9 Å². The molecule has 5 nitrogen and oxygen atoms in total. The van der Waals surface area contributed by atoms with Crippen molar-refractivity contribution in [2.75, 3.05) is 18.5 Å². The Kier molecular flexibility index (Phi) is 4.50. The van der Waals surface area contributed by atoms with Crippen LogP contribution in [0.4, 0.5) is 5.82 Å². The average molecular weight is 259 g/mol. The number of amides is 1. The number of rotatable bonds is 2. The summed E-state index contributed by atoms with van der Waals surface area (Å²) in [6, 6.07) is 3.51. The molecular formula is C14H17N3O2. The Hall–Kier alpha value is -1.90. The summed E-state index contributed by atoms with van der Waals surface area (Å²) in [5.74, 6) is 6.01. The molecule has 0 radical (unpaired) electrons. The molecule has 0 spiro atoms. The van der Waals surface area contributed by atoms with Gasteiger partial charge in [-0.15, -0.1) is 0 Å². The lowest BCUT2D eigenvalue weighted by Crippen LogP contribution is -2.28. The van der Waals surface area contributed by atoms with Crippen LogP contribution >= 0.6 is 0 Å². The van der Waals surface area contributed by atoms with Crippen LogP contribution in [0.15, 0.2) is 18.3 Å². The Morgan fingerprint density at radius 3 is 3.21 bits per heavy atom. The molecule has 1 amide bonds. The fraction of sp³-hybridized carbons (Fsp3) is 0.429. The molecule has 2 heterocycles. The SMILES string of the molecule is CC1OCCC1C(=O)Nc1cc(C#CCN)ccn1. The van der Waals surface area contributed by atoms with Gasteiger partial charge in [0, 0.05) is 18.4 Å².